The van der Waals surface area contributed by atoms with Gasteiger partial charge in [0.25, 0.3) is 0 Å². The molecule has 2 aromatic rings. The van der Waals surface area contributed by atoms with Crippen LogP contribution in [0.2, 0.25) is 0 Å². The van der Waals surface area contributed by atoms with E-state index in [1.807, 2.05) is 0 Å². The zero-order valence-corrected chi connectivity index (χ0v) is 13.6. The summed E-state index contributed by atoms with van der Waals surface area (Å²) in [6, 6.07) is 4.18. The van der Waals surface area contributed by atoms with Crippen molar-refractivity contribution in [2.24, 2.45) is 7.05 Å². The first-order valence-electron chi connectivity index (χ1n) is 6.02. The molecule has 21 heavy (non-hydrogen) atoms. The Morgan fingerprint density at radius 3 is 2.81 bits per heavy atom. The Hall–Kier alpha value is -1.45. The molecule has 0 atom stereocenters. The number of aryl methyl sites for hydroxylation is 1. The number of nitrogens with one attached hydrogen (secondary N) is 1. The van der Waals surface area contributed by atoms with Crippen LogP contribution < -0.4 is 10.5 Å². The van der Waals surface area contributed by atoms with Gasteiger partial charge < -0.3 is 5.73 Å². The molecule has 0 saturated carbocycles. The van der Waals surface area contributed by atoms with Crippen LogP contribution in [-0.4, -0.2) is 24.7 Å². The van der Waals surface area contributed by atoms with Gasteiger partial charge in [-0.3, -0.25) is 4.68 Å². The normalized spacial score (nSPS) is 11.8. The maximum absolute atomic E-state index is 13.9. The van der Waals surface area contributed by atoms with Gasteiger partial charge in [-0.25, -0.2) is 17.5 Å². The number of benzene rings is 1. The van der Waals surface area contributed by atoms with Gasteiger partial charge in [0.1, 0.15) is 4.90 Å². The highest BCUT2D eigenvalue weighted by molar-refractivity contribution is 9.10. The number of hydrogen-bond acceptors (Lipinski definition) is 4. The molecule has 9 heteroatoms. The molecule has 0 bridgehead atoms. The van der Waals surface area contributed by atoms with Gasteiger partial charge in [-0.05, 0) is 34.1 Å². The Morgan fingerprint density at radius 1 is 1.48 bits per heavy atom. The van der Waals surface area contributed by atoms with E-state index in [2.05, 4.69) is 25.8 Å². The molecule has 0 unspecified atom stereocenters. The number of anilines is 1. The summed E-state index contributed by atoms with van der Waals surface area (Å²) >= 11 is 2.94. The smallest absolute Gasteiger partial charge is 0.243 e. The van der Waals surface area contributed by atoms with Crippen molar-refractivity contribution in [2.75, 3.05) is 12.3 Å². The van der Waals surface area contributed by atoms with Gasteiger partial charge in [0.2, 0.25) is 10.0 Å². The van der Waals surface area contributed by atoms with Gasteiger partial charge in [0.05, 0.1) is 4.47 Å². The van der Waals surface area contributed by atoms with Crippen molar-refractivity contribution in [2.45, 2.75) is 11.3 Å². The van der Waals surface area contributed by atoms with Crippen LogP contribution in [0, 0.1) is 5.82 Å². The van der Waals surface area contributed by atoms with Crippen LogP contribution in [0.25, 0.3) is 0 Å². The van der Waals surface area contributed by atoms with Crippen molar-refractivity contribution >= 4 is 31.6 Å². The molecule has 3 N–H and O–H groups in total. The lowest BCUT2D eigenvalue weighted by molar-refractivity contribution is 0.553. The topological polar surface area (TPSA) is 90.0 Å². The average molecular weight is 377 g/mol. The fourth-order valence-corrected chi connectivity index (χ4v) is 3.59. The lowest BCUT2D eigenvalue weighted by atomic mass is 10.3. The van der Waals surface area contributed by atoms with E-state index in [-0.39, 0.29) is 16.7 Å². The summed E-state index contributed by atoms with van der Waals surface area (Å²) in [4.78, 5) is -0.473. The molecule has 2 rings (SSSR count). The molecule has 0 saturated heterocycles. The van der Waals surface area contributed by atoms with Gasteiger partial charge in [0, 0.05) is 37.6 Å². The van der Waals surface area contributed by atoms with E-state index in [1.165, 1.54) is 6.07 Å². The lowest BCUT2D eigenvalue weighted by Gasteiger charge is -2.09. The zero-order valence-electron chi connectivity index (χ0n) is 11.2. The summed E-state index contributed by atoms with van der Waals surface area (Å²) < 4.78 is 42.2. The average Bonchev–Trinajstić information content (AvgIpc) is 2.79. The Morgan fingerprint density at radius 2 is 2.19 bits per heavy atom. The molecular weight excluding hydrogens is 363 g/mol. The first-order chi connectivity index (χ1) is 9.81. The summed E-state index contributed by atoms with van der Waals surface area (Å²) in [6.07, 6.45) is 2.07. The number of nitrogens with zero attached hydrogens (tertiary/aromatic N) is 2. The number of hydrogen-bond donors (Lipinski definition) is 2. The van der Waals surface area contributed by atoms with E-state index in [0.29, 0.717) is 6.42 Å². The minimum absolute atomic E-state index is 0.00881. The highest BCUT2D eigenvalue weighted by atomic mass is 79.9. The van der Waals surface area contributed by atoms with Gasteiger partial charge in [-0.15, -0.1) is 0 Å². The quantitative estimate of drug-likeness (QED) is 0.772. The van der Waals surface area contributed by atoms with E-state index < -0.39 is 20.7 Å². The van der Waals surface area contributed by atoms with E-state index in [0.717, 1.165) is 11.8 Å². The fraction of sp³-hybridized carbons (Fsp3) is 0.250. The largest absolute Gasteiger partial charge is 0.399 e. The number of sulfonamides is 1. The molecular formula is C12H14BrFN4O2S. The van der Waals surface area contributed by atoms with Gasteiger partial charge in [-0.2, -0.15) is 5.10 Å². The van der Waals surface area contributed by atoms with E-state index in [9.17, 15) is 12.8 Å². The molecule has 114 valence electrons. The van der Waals surface area contributed by atoms with E-state index >= 15 is 0 Å². The van der Waals surface area contributed by atoms with Gasteiger partial charge in [-0.1, -0.05) is 0 Å². The van der Waals surface area contributed by atoms with Crippen molar-refractivity contribution < 1.29 is 12.8 Å². The number of nitrogens with two attached hydrogens (primary N) is 1. The molecule has 0 amide bonds. The molecule has 1 aromatic heterocycles. The summed E-state index contributed by atoms with van der Waals surface area (Å²) in [5.41, 5.74) is 6.58. The van der Waals surface area contributed by atoms with Crippen LogP contribution in [-0.2, 0) is 23.5 Å². The van der Waals surface area contributed by atoms with Crippen LogP contribution >= 0.6 is 15.9 Å². The Kier molecular flexibility index (Phi) is 4.64. The lowest BCUT2D eigenvalue weighted by Crippen LogP contribution is -2.27. The van der Waals surface area contributed by atoms with E-state index in [4.69, 9.17) is 5.73 Å². The SMILES string of the molecule is Cn1nccc1CCNS(=O)(=O)c1cc(N)cc(Br)c1F. The fourth-order valence-electron chi connectivity index (χ4n) is 1.82. The minimum atomic E-state index is -3.97. The predicted octanol–water partition coefficient (Wildman–Crippen LogP) is 1.42. The van der Waals surface area contributed by atoms with Crippen LogP contribution in [0.4, 0.5) is 10.1 Å². The molecule has 0 spiro atoms. The van der Waals surface area contributed by atoms with Crippen LogP contribution in [0.1, 0.15) is 5.69 Å². The maximum atomic E-state index is 13.9. The van der Waals surface area contributed by atoms with Crippen molar-refractivity contribution in [1.29, 1.82) is 0 Å². The number of rotatable bonds is 5. The Labute approximate surface area is 130 Å². The highest BCUT2D eigenvalue weighted by Gasteiger charge is 2.21. The van der Waals surface area contributed by atoms with Crippen LogP contribution in [0.3, 0.4) is 0 Å². The molecule has 1 heterocycles. The zero-order chi connectivity index (χ0) is 15.6. The Bertz CT molecular complexity index is 761. The van der Waals surface area contributed by atoms with Crippen molar-refractivity contribution in [1.82, 2.24) is 14.5 Å². The molecule has 0 aliphatic rings. The first-order valence-corrected chi connectivity index (χ1v) is 8.30. The van der Waals surface area contributed by atoms with Gasteiger partial charge in [0.15, 0.2) is 5.82 Å². The summed E-state index contributed by atoms with van der Waals surface area (Å²) in [7, 11) is -2.20. The van der Waals surface area contributed by atoms with Crippen molar-refractivity contribution in [3.05, 3.63) is 40.4 Å². The molecule has 6 nitrogen and oxygen atoms in total. The van der Waals surface area contributed by atoms with Crippen molar-refractivity contribution in [3.63, 3.8) is 0 Å². The summed E-state index contributed by atoms with van der Waals surface area (Å²) in [6.45, 7) is 0.133. The first kappa shape index (κ1) is 15.9. The maximum Gasteiger partial charge on any atom is 0.243 e. The number of nitrogen functional groups attached to an aromatic ring is 1. The third-order valence-electron chi connectivity index (χ3n) is 2.90. The highest BCUT2D eigenvalue weighted by Crippen LogP contribution is 2.25. The summed E-state index contributed by atoms with van der Waals surface area (Å²) in [5.74, 6) is -0.864. The van der Waals surface area contributed by atoms with Crippen molar-refractivity contribution in [3.8, 4) is 0 Å². The van der Waals surface area contributed by atoms with E-state index in [1.54, 1.807) is 24.0 Å². The minimum Gasteiger partial charge on any atom is -0.399 e. The second kappa shape index (κ2) is 6.12. The molecule has 1 aromatic carbocycles. The third-order valence-corrected chi connectivity index (χ3v) is 4.94. The molecule has 0 radical (unpaired) electrons. The van der Waals surface area contributed by atoms with Gasteiger partial charge >= 0.3 is 0 Å². The van der Waals surface area contributed by atoms with Crippen LogP contribution in [0.5, 0.6) is 0 Å². The predicted molar refractivity (Wildman–Crippen MR) is 80.6 cm³/mol. The molecule has 0 fully saturated rings. The van der Waals surface area contributed by atoms with Crippen LogP contribution in [0.15, 0.2) is 33.8 Å². The summed E-state index contributed by atoms with van der Waals surface area (Å²) in [5, 5.41) is 3.98. The second-order valence-electron chi connectivity index (χ2n) is 4.41. The third kappa shape index (κ3) is 3.60. The molecule has 0 aliphatic heterocycles. The number of aromatic nitrogens is 2. The second-order valence-corrected chi connectivity index (χ2v) is 7.00. The Balaban J connectivity index is 2.14. The standard InChI is InChI=1S/C12H14BrFN4O2S/c1-18-9(2-4-16-18)3-5-17-21(19,20)11-7-8(15)6-10(13)12(11)14/h2,4,6-7,17H,3,5,15H2,1H3. The number of halogens is 2. The molecule has 0 aliphatic carbocycles. The monoisotopic (exact) mass is 376 g/mol.